The Hall–Kier alpha value is -3.22. The Labute approximate surface area is 180 Å². The highest BCUT2D eigenvalue weighted by molar-refractivity contribution is 5.69. The number of benzene rings is 2. The summed E-state index contributed by atoms with van der Waals surface area (Å²) >= 11 is 0. The molecular weight excluding hydrogens is 402 g/mol. The fourth-order valence-corrected chi connectivity index (χ4v) is 3.33. The fraction of sp³-hybridized carbons (Fsp3) is 0.333. The van der Waals surface area contributed by atoms with Crippen LogP contribution in [0.4, 0.5) is 8.78 Å². The zero-order valence-electron chi connectivity index (χ0n) is 18.0. The summed E-state index contributed by atoms with van der Waals surface area (Å²) in [6, 6.07) is 12.0. The van der Waals surface area contributed by atoms with Gasteiger partial charge in [0.25, 0.3) is 0 Å². The van der Waals surface area contributed by atoms with Crippen LogP contribution in [0.25, 0.3) is 5.69 Å². The topological polar surface area (TPSA) is 64.3 Å². The Balaban J connectivity index is 1.80. The Morgan fingerprint density at radius 3 is 2.26 bits per heavy atom. The van der Waals surface area contributed by atoms with E-state index in [1.807, 2.05) is 31.2 Å². The SMILES string of the molecule is Cc1cc(COc2c(F)cc(CC(C)C(=O)O)cc2F)n(-c2ccc(C(C)C)cc2)n1. The van der Waals surface area contributed by atoms with E-state index in [0.717, 1.165) is 23.5 Å². The third-order valence-electron chi connectivity index (χ3n) is 5.10. The predicted octanol–water partition coefficient (Wildman–Crippen LogP) is 5.42. The molecule has 1 aromatic heterocycles. The molecule has 0 saturated heterocycles. The van der Waals surface area contributed by atoms with Gasteiger partial charge in [0.15, 0.2) is 17.4 Å². The Morgan fingerprint density at radius 2 is 1.71 bits per heavy atom. The number of halogens is 2. The maximum Gasteiger partial charge on any atom is 0.306 e. The van der Waals surface area contributed by atoms with Gasteiger partial charge in [0, 0.05) is 0 Å². The second-order valence-electron chi connectivity index (χ2n) is 8.06. The molecule has 0 aliphatic heterocycles. The molecule has 3 rings (SSSR count). The monoisotopic (exact) mass is 428 g/mol. The number of hydrogen-bond donors (Lipinski definition) is 1. The largest absolute Gasteiger partial charge is 0.481 e. The number of aliphatic carboxylic acids is 1. The van der Waals surface area contributed by atoms with Crippen molar-refractivity contribution in [3.8, 4) is 11.4 Å². The van der Waals surface area contributed by atoms with Crippen molar-refractivity contribution in [3.63, 3.8) is 0 Å². The van der Waals surface area contributed by atoms with E-state index >= 15 is 0 Å². The standard InChI is InChI=1S/C24H26F2N2O3/c1-14(2)18-5-7-19(8-6-18)28-20(10-16(4)27-28)13-31-23-21(25)11-17(12-22(23)26)9-15(3)24(29)30/h5-8,10-12,14-15H,9,13H2,1-4H3,(H,29,30). The smallest absolute Gasteiger partial charge is 0.306 e. The van der Waals surface area contributed by atoms with Crippen molar-refractivity contribution in [2.45, 2.75) is 46.6 Å². The van der Waals surface area contributed by atoms with Gasteiger partial charge in [-0.15, -0.1) is 0 Å². The zero-order chi connectivity index (χ0) is 22.7. The van der Waals surface area contributed by atoms with Gasteiger partial charge in [-0.1, -0.05) is 32.9 Å². The van der Waals surface area contributed by atoms with Crippen molar-refractivity contribution in [3.05, 3.63) is 76.6 Å². The van der Waals surface area contributed by atoms with Gasteiger partial charge in [0.1, 0.15) is 6.61 Å². The van der Waals surface area contributed by atoms with E-state index in [2.05, 4.69) is 18.9 Å². The van der Waals surface area contributed by atoms with Gasteiger partial charge >= 0.3 is 5.97 Å². The molecule has 5 nitrogen and oxygen atoms in total. The summed E-state index contributed by atoms with van der Waals surface area (Å²) in [6.07, 6.45) is 0.0296. The summed E-state index contributed by atoms with van der Waals surface area (Å²) in [6.45, 7) is 7.47. The maximum atomic E-state index is 14.5. The summed E-state index contributed by atoms with van der Waals surface area (Å²) in [4.78, 5) is 11.0. The van der Waals surface area contributed by atoms with Gasteiger partial charge in [-0.2, -0.15) is 5.10 Å². The van der Waals surface area contributed by atoms with Crippen LogP contribution in [0.1, 0.15) is 49.2 Å². The Bertz CT molecular complexity index is 1050. The highest BCUT2D eigenvalue weighted by Crippen LogP contribution is 2.26. The molecule has 0 bridgehead atoms. The van der Waals surface area contributed by atoms with Crippen LogP contribution in [-0.4, -0.2) is 20.9 Å². The van der Waals surface area contributed by atoms with Gasteiger partial charge in [0.05, 0.1) is 23.0 Å². The molecule has 0 fully saturated rings. The molecule has 0 spiro atoms. The number of nitrogens with zero attached hydrogens (tertiary/aromatic N) is 2. The molecule has 0 aliphatic carbocycles. The first-order valence-electron chi connectivity index (χ1n) is 10.1. The quantitative estimate of drug-likeness (QED) is 0.520. The molecule has 0 radical (unpaired) electrons. The van der Waals surface area contributed by atoms with E-state index in [-0.39, 0.29) is 18.6 Å². The average Bonchev–Trinajstić information content (AvgIpc) is 3.07. The van der Waals surface area contributed by atoms with E-state index in [4.69, 9.17) is 9.84 Å². The molecule has 7 heteroatoms. The molecule has 0 aliphatic rings. The fourth-order valence-electron chi connectivity index (χ4n) is 3.33. The van der Waals surface area contributed by atoms with E-state index in [1.54, 1.807) is 10.7 Å². The maximum absolute atomic E-state index is 14.5. The molecule has 164 valence electrons. The van der Waals surface area contributed by atoms with Crippen molar-refractivity contribution >= 4 is 5.97 Å². The van der Waals surface area contributed by atoms with Gasteiger partial charge < -0.3 is 9.84 Å². The number of aromatic nitrogens is 2. The van der Waals surface area contributed by atoms with Crippen LogP contribution in [0, 0.1) is 24.5 Å². The average molecular weight is 428 g/mol. The number of rotatable bonds is 8. The molecule has 1 heterocycles. The summed E-state index contributed by atoms with van der Waals surface area (Å²) in [5, 5.41) is 13.5. The number of ether oxygens (including phenoxy) is 1. The molecule has 1 unspecified atom stereocenters. The summed E-state index contributed by atoms with van der Waals surface area (Å²) in [7, 11) is 0. The molecule has 31 heavy (non-hydrogen) atoms. The lowest BCUT2D eigenvalue weighted by molar-refractivity contribution is -0.141. The van der Waals surface area contributed by atoms with Crippen LogP contribution < -0.4 is 4.74 Å². The summed E-state index contributed by atoms with van der Waals surface area (Å²) in [5.41, 5.74) is 3.70. The first kappa shape index (κ1) is 22.5. The lowest BCUT2D eigenvalue weighted by Gasteiger charge is -2.13. The zero-order valence-corrected chi connectivity index (χ0v) is 18.0. The third-order valence-corrected chi connectivity index (χ3v) is 5.10. The Morgan fingerprint density at radius 1 is 1.10 bits per heavy atom. The minimum Gasteiger partial charge on any atom is -0.481 e. The van der Waals surface area contributed by atoms with Crippen molar-refractivity contribution in [1.29, 1.82) is 0 Å². The molecule has 0 amide bonds. The molecule has 3 aromatic rings. The van der Waals surface area contributed by atoms with Crippen LogP contribution in [-0.2, 0) is 17.8 Å². The van der Waals surface area contributed by atoms with E-state index in [1.165, 1.54) is 12.5 Å². The first-order valence-corrected chi connectivity index (χ1v) is 10.1. The molecule has 0 saturated carbocycles. The van der Waals surface area contributed by atoms with E-state index in [0.29, 0.717) is 11.6 Å². The van der Waals surface area contributed by atoms with E-state index < -0.39 is 29.3 Å². The highest BCUT2D eigenvalue weighted by Gasteiger charge is 2.18. The number of hydrogen-bond acceptors (Lipinski definition) is 3. The van der Waals surface area contributed by atoms with Crippen LogP contribution in [0.5, 0.6) is 5.75 Å². The van der Waals surface area contributed by atoms with Gasteiger partial charge in [0.2, 0.25) is 0 Å². The molecule has 1 N–H and O–H groups in total. The molecule has 1 atom stereocenters. The minimum absolute atomic E-state index is 0.0296. The summed E-state index contributed by atoms with van der Waals surface area (Å²) in [5.74, 6) is -3.58. The van der Waals surface area contributed by atoms with Crippen molar-refractivity contribution < 1.29 is 23.4 Å². The van der Waals surface area contributed by atoms with Crippen LogP contribution in [0.3, 0.4) is 0 Å². The normalized spacial score (nSPS) is 12.2. The number of aryl methyl sites for hydroxylation is 1. The third kappa shape index (κ3) is 5.29. The Kier molecular flexibility index (Phi) is 6.73. The molecular formula is C24H26F2N2O3. The van der Waals surface area contributed by atoms with Crippen molar-refractivity contribution in [2.24, 2.45) is 5.92 Å². The minimum atomic E-state index is -1.02. The van der Waals surface area contributed by atoms with Crippen LogP contribution >= 0.6 is 0 Å². The van der Waals surface area contributed by atoms with Gasteiger partial charge in [-0.3, -0.25) is 4.79 Å². The summed E-state index contributed by atoms with van der Waals surface area (Å²) < 4.78 is 36.1. The van der Waals surface area contributed by atoms with Gasteiger partial charge in [-0.25, -0.2) is 13.5 Å². The second kappa shape index (κ2) is 9.29. The number of carboxylic acid groups (broad SMARTS) is 1. The lowest BCUT2D eigenvalue weighted by Crippen LogP contribution is -2.13. The number of carbonyl (C=O) groups is 1. The van der Waals surface area contributed by atoms with Crippen LogP contribution in [0.15, 0.2) is 42.5 Å². The lowest BCUT2D eigenvalue weighted by atomic mass is 10.0. The van der Waals surface area contributed by atoms with Crippen molar-refractivity contribution in [1.82, 2.24) is 9.78 Å². The second-order valence-corrected chi connectivity index (χ2v) is 8.06. The molecule has 2 aromatic carbocycles. The predicted molar refractivity (Wildman–Crippen MR) is 114 cm³/mol. The van der Waals surface area contributed by atoms with Crippen LogP contribution in [0.2, 0.25) is 0 Å². The van der Waals surface area contributed by atoms with Gasteiger partial charge in [-0.05, 0) is 60.7 Å². The first-order chi connectivity index (χ1) is 14.7. The highest BCUT2D eigenvalue weighted by atomic mass is 19.1. The number of carboxylic acids is 1. The van der Waals surface area contributed by atoms with E-state index in [9.17, 15) is 13.6 Å². The van der Waals surface area contributed by atoms with Crippen molar-refractivity contribution in [2.75, 3.05) is 0 Å².